The third kappa shape index (κ3) is 3.70. The van der Waals surface area contributed by atoms with Crippen molar-refractivity contribution < 1.29 is 0 Å². The number of nitrogens with one attached hydrogen (secondary N) is 2. The van der Waals surface area contributed by atoms with Gasteiger partial charge in [-0.1, -0.05) is 26.2 Å². The second-order valence-corrected chi connectivity index (χ2v) is 5.06. The molecule has 6 heteroatoms. The summed E-state index contributed by atoms with van der Waals surface area (Å²) in [6, 6.07) is 0.383. The fourth-order valence-corrected chi connectivity index (χ4v) is 2.53. The number of hydrazine groups is 1. The molecule has 1 aromatic rings. The lowest BCUT2D eigenvalue weighted by atomic mass is 9.96. The van der Waals surface area contributed by atoms with Gasteiger partial charge in [0.05, 0.1) is 17.4 Å². The number of nitrogens with two attached hydrogens (primary N) is 1. The van der Waals surface area contributed by atoms with Gasteiger partial charge in [0.15, 0.2) is 0 Å². The predicted molar refractivity (Wildman–Crippen MR) is 77.8 cm³/mol. The van der Waals surface area contributed by atoms with Gasteiger partial charge in [-0.2, -0.15) is 5.10 Å². The number of rotatable bonds is 3. The van der Waals surface area contributed by atoms with Crippen molar-refractivity contribution in [2.45, 2.75) is 51.5 Å². The van der Waals surface area contributed by atoms with E-state index in [0.29, 0.717) is 12.0 Å². The first-order chi connectivity index (χ1) is 9.22. The smallest absolute Gasteiger partial charge is 0.210 e. The molecule has 106 valence electrons. The highest BCUT2D eigenvalue weighted by atomic mass is 15.3. The first kappa shape index (κ1) is 13.9. The highest BCUT2D eigenvalue weighted by molar-refractivity contribution is 5.93. The Hall–Kier alpha value is -1.56. The lowest BCUT2D eigenvalue weighted by Gasteiger charge is -2.19. The van der Waals surface area contributed by atoms with Crippen LogP contribution in [0.25, 0.3) is 0 Å². The highest BCUT2D eigenvalue weighted by Gasteiger charge is 2.14. The summed E-state index contributed by atoms with van der Waals surface area (Å²) in [5.41, 5.74) is 4.65. The first-order valence-electron chi connectivity index (χ1n) is 7.07. The largest absolute Gasteiger partial charge is 0.322 e. The van der Waals surface area contributed by atoms with Crippen LogP contribution in [0.1, 0.15) is 44.7 Å². The molecule has 4 N–H and O–H groups in total. The lowest BCUT2D eigenvalue weighted by molar-refractivity contribution is 0.442. The van der Waals surface area contributed by atoms with Crippen LogP contribution < -0.4 is 16.6 Å². The number of guanidine groups is 1. The summed E-state index contributed by atoms with van der Waals surface area (Å²) in [6.07, 6.45) is 8.99. The summed E-state index contributed by atoms with van der Waals surface area (Å²) in [5, 5.41) is 7.64. The summed E-state index contributed by atoms with van der Waals surface area (Å²) in [4.78, 5) is 4.67. The normalized spacial score (nSPS) is 17.5. The molecule has 19 heavy (non-hydrogen) atoms. The lowest BCUT2D eigenvalue weighted by Crippen LogP contribution is -2.37. The molecule has 0 saturated heterocycles. The van der Waals surface area contributed by atoms with Crippen molar-refractivity contribution in [3.63, 3.8) is 0 Å². The van der Waals surface area contributed by atoms with Gasteiger partial charge in [0.25, 0.3) is 0 Å². The van der Waals surface area contributed by atoms with Crippen molar-refractivity contribution in [3.05, 3.63) is 11.9 Å². The molecule has 1 aliphatic rings. The fourth-order valence-electron chi connectivity index (χ4n) is 2.53. The second kappa shape index (κ2) is 6.56. The molecule has 0 unspecified atom stereocenters. The van der Waals surface area contributed by atoms with Crippen LogP contribution in [-0.4, -0.2) is 21.8 Å². The molecule has 0 radical (unpaired) electrons. The molecular weight excluding hydrogens is 240 g/mol. The molecule has 0 spiro atoms. The topological polar surface area (TPSA) is 80.3 Å². The maximum absolute atomic E-state index is 5.57. The molecule has 1 heterocycles. The van der Waals surface area contributed by atoms with Gasteiger partial charge in [-0.15, -0.1) is 0 Å². The van der Waals surface area contributed by atoms with E-state index < -0.39 is 0 Å². The SMILES string of the molecule is CCc1nn(C)cc1NC(=NC1CCCCC1)NN. The van der Waals surface area contributed by atoms with Gasteiger partial charge in [-0.05, 0) is 19.3 Å². The van der Waals surface area contributed by atoms with Crippen molar-refractivity contribution in [2.24, 2.45) is 17.9 Å². The summed E-state index contributed by atoms with van der Waals surface area (Å²) in [7, 11) is 1.91. The van der Waals surface area contributed by atoms with Crippen LogP contribution in [0.5, 0.6) is 0 Å². The molecule has 1 aromatic heterocycles. The summed E-state index contributed by atoms with van der Waals surface area (Å²) >= 11 is 0. The Morgan fingerprint density at radius 3 is 2.84 bits per heavy atom. The Morgan fingerprint density at radius 2 is 2.21 bits per heavy atom. The summed E-state index contributed by atoms with van der Waals surface area (Å²) in [5.74, 6) is 6.20. The number of nitrogens with zero attached hydrogens (tertiary/aromatic N) is 3. The minimum atomic E-state index is 0.383. The van der Waals surface area contributed by atoms with Crippen LogP contribution in [0.15, 0.2) is 11.2 Å². The number of anilines is 1. The van der Waals surface area contributed by atoms with Crippen molar-refractivity contribution in [2.75, 3.05) is 5.32 Å². The molecule has 2 rings (SSSR count). The maximum atomic E-state index is 5.57. The van der Waals surface area contributed by atoms with E-state index in [1.165, 1.54) is 19.3 Å². The molecule has 1 fully saturated rings. The summed E-state index contributed by atoms with van der Waals surface area (Å²) < 4.78 is 1.80. The van der Waals surface area contributed by atoms with E-state index in [1.54, 1.807) is 4.68 Å². The van der Waals surface area contributed by atoms with E-state index >= 15 is 0 Å². The average molecular weight is 264 g/mol. The van der Waals surface area contributed by atoms with Gasteiger partial charge in [0.2, 0.25) is 5.96 Å². The van der Waals surface area contributed by atoms with E-state index in [4.69, 9.17) is 5.84 Å². The molecule has 0 amide bonds. The Balaban J connectivity index is 2.06. The van der Waals surface area contributed by atoms with Crippen LogP contribution in [-0.2, 0) is 13.5 Å². The minimum absolute atomic E-state index is 0.383. The quantitative estimate of drug-likeness (QED) is 0.335. The number of aliphatic imine (C=N–C) groups is 1. The molecule has 1 saturated carbocycles. The number of hydrogen-bond donors (Lipinski definition) is 3. The van der Waals surface area contributed by atoms with E-state index in [9.17, 15) is 0 Å². The van der Waals surface area contributed by atoms with Gasteiger partial charge < -0.3 is 5.32 Å². The van der Waals surface area contributed by atoms with Crippen LogP contribution in [0.3, 0.4) is 0 Å². The zero-order chi connectivity index (χ0) is 13.7. The van der Waals surface area contributed by atoms with Crippen LogP contribution in [0, 0.1) is 0 Å². The summed E-state index contributed by atoms with van der Waals surface area (Å²) in [6.45, 7) is 2.08. The zero-order valence-corrected chi connectivity index (χ0v) is 11.8. The van der Waals surface area contributed by atoms with Gasteiger partial charge in [0.1, 0.15) is 0 Å². The van der Waals surface area contributed by atoms with Crippen molar-refractivity contribution in [1.82, 2.24) is 15.2 Å². The first-order valence-corrected chi connectivity index (χ1v) is 7.07. The second-order valence-electron chi connectivity index (χ2n) is 5.06. The molecule has 0 atom stereocenters. The number of aryl methyl sites for hydroxylation is 2. The Bertz CT molecular complexity index is 430. The van der Waals surface area contributed by atoms with Crippen LogP contribution in [0.4, 0.5) is 5.69 Å². The third-order valence-corrected chi connectivity index (χ3v) is 3.52. The van der Waals surface area contributed by atoms with Crippen LogP contribution in [0.2, 0.25) is 0 Å². The number of aromatic nitrogens is 2. The van der Waals surface area contributed by atoms with Gasteiger partial charge in [0, 0.05) is 13.2 Å². The standard InChI is InChI=1S/C13H24N6/c1-3-11-12(9-19(2)18-11)16-13(17-14)15-10-7-5-4-6-8-10/h9-10H,3-8,14H2,1-2H3,(H2,15,16,17). The van der Waals surface area contributed by atoms with E-state index in [0.717, 1.165) is 30.6 Å². The number of hydrogen-bond acceptors (Lipinski definition) is 3. The minimum Gasteiger partial charge on any atom is -0.322 e. The molecule has 0 aromatic carbocycles. The van der Waals surface area contributed by atoms with Gasteiger partial charge >= 0.3 is 0 Å². The van der Waals surface area contributed by atoms with Gasteiger partial charge in [-0.3, -0.25) is 10.1 Å². The molecule has 6 nitrogen and oxygen atoms in total. The highest BCUT2D eigenvalue weighted by Crippen LogP contribution is 2.20. The monoisotopic (exact) mass is 264 g/mol. The van der Waals surface area contributed by atoms with Gasteiger partial charge in [-0.25, -0.2) is 10.8 Å². The van der Waals surface area contributed by atoms with E-state index in [1.807, 2.05) is 13.2 Å². The van der Waals surface area contributed by atoms with E-state index in [-0.39, 0.29) is 0 Å². The molecular formula is C13H24N6. The Morgan fingerprint density at radius 1 is 1.47 bits per heavy atom. The molecule has 0 bridgehead atoms. The predicted octanol–water partition coefficient (Wildman–Crippen LogP) is 1.55. The zero-order valence-electron chi connectivity index (χ0n) is 11.8. The van der Waals surface area contributed by atoms with Crippen molar-refractivity contribution in [1.29, 1.82) is 0 Å². The van der Waals surface area contributed by atoms with Crippen molar-refractivity contribution >= 4 is 11.6 Å². The van der Waals surface area contributed by atoms with Crippen LogP contribution >= 0.6 is 0 Å². The average Bonchev–Trinajstić information content (AvgIpc) is 2.79. The fraction of sp³-hybridized carbons (Fsp3) is 0.692. The Labute approximate surface area is 114 Å². The maximum Gasteiger partial charge on any atom is 0.210 e. The molecule has 1 aliphatic carbocycles. The van der Waals surface area contributed by atoms with E-state index in [2.05, 4.69) is 27.8 Å². The molecule has 0 aliphatic heterocycles. The van der Waals surface area contributed by atoms with Crippen molar-refractivity contribution in [3.8, 4) is 0 Å². The Kier molecular flexibility index (Phi) is 4.79. The third-order valence-electron chi connectivity index (χ3n) is 3.52.